The van der Waals surface area contributed by atoms with Gasteiger partial charge >= 0.3 is 0 Å². The molecular weight excluding hydrogens is 173 g/mol. The zero-order valence-electron chi connectivity index (χ0n) is 8.62. The van der Waals surface area contributed by atoms with Crippen LogP contribution in [-0.4, -0.2) is 27.0 Å². The van der Waals surface area contributed by atoms with Crippen molar-refractivity contribution in [1.29, 1.82) is 0 Å². The Morgan fingerprint density at radius 2 is 1.79 bits per heavy atom. The molecule has 0 unspecified atom stereocenters. The molecule has 1 aliphatic heterocycles. The highest BCUT2D eigenvalue weighted by Gasteiger charge is 2.13. The van der Waals surface area contributed by atoms with Crippen LogP contribution >= 0.6 is 0 Å². The van der Waals surface area contributed by atoms with Gasteiger partial charge < -0.3 is 10.1 Å². The van der Waals surface area contributed by atoms with E-state index >= 15 is 0 Å². The summed E-state index contributed by atoms with van der Waals surface area (Å²) in [5, 5.41) is 3.33. The van der Waals surface area contributed by atoms with Gasteiger partial charge in [0.25, 0.3) is 0 Å². The zero-order valence-corrected chi connectivity index (χ0v) is 8.62. The summed E-state index contributed by atoms with van der Waals surface area (Å²) < 4.78 is 5.87. The number of hydrogen-bond acceptors (Lipinski definition) is 2. The Labute approximate surface area is 86.1 Å². The van der Waals surface area contributed by atoms with E-state index in [-0.39, 0.29) is 0 Å². The molecule has 1 aromatic rings. The molecule has 1 fully saturated rings. The van der Waals surface area contributed by atoms with Gasteiger partial charge in [-0.15, -0.1) is 0 Å². The molecule has 0 saturated carbocycles. The Kier molecular flexibility index (Phi) is 3.09. The molecule has 0 spiro atoms. The molecule has 1 aliphatic rings. The van der Waals surface area contributed by atoms with Gasteiger partial charge in [0.2, 0.25) is 0 Å². The quantitative estimate of drug-likeness (QED) is 0.665. The first-order chi connectivity index (χ1) is 6.84. The Morgan fingerprint density at radius 1 is 1.14 bits per heavy atom. The first kappa shape index (κ1) is 9.59. The molecule has 2 nitrogen and oxygen atoms in total. The molecule has 1 heterocycles. The summed E-state index contributed by atoms with van der Waals surface area (Å²) in [5.41, 5.74) is 1.28. The van der Waals surface area contributed by atoms with E-state index in [4.69, 9.17) is 4.74 Å². The van der Waals surface area contributed by atoms with Crippen molar-refractivity contribution in [3.8, 4) is 5.75 Å². The molecule has 0 aromatic heterocycles. The molecule has 1 N–H and O–H groups in total. The third-order valence-electron chi connectivity index (χ3n) is 2.61. The summed E-state index contributed by atoms with van der Waals surface area (Å²) in [6.07, 6.45) is 2.64. The lowest BCUT2D eigenvalue weighted by Gasteiger charge is -2.23. The van der Waals surface area contributed by atoms with Gasteiger partial charge in [0.05, 0.1) is 0 Å². The summed E-state index contributed by atoms with van der Waals surface area (Å²) in [4.78, 5) is 0. The van der Waals surface area contributed by atoms with Crippen molar-refractivity contribution in [3.63, 3.8) is 0 Å². The number of benzene rings is 1. The molecule has 0 bridgehead atoms. The molecule has 3 heteroatoms. The minimum absolute atomic E-state index is 0.402. The van der Waals surface area contributed by atoms with Crippen LogP contribution in [0.4, 0.5) is 0 Å². The third-order valence-corrected chi connectivity index (χ3v) is 2.61. The van der Waals surface area contributed by atoms with Gasteiger partial charge in [0.15, 0.2) is 0 Å². The maximum absolute atomic E-state index is 5.87. The van der Waals surface area contributed by atoms with Crippen molar-refractivity contribution in [1.82, 2.24) is 5.32 Å². The maximum atomic E-state index is 5.87. The van der Waals surface area contributed by atoms with Gasteiger partial charge in [-0.05, 0) is 38.1 Å². The van der Waals surface area contributed by atoms with Crippen LogP contribution in [0.3, 0.4) is 0 Å². The van der Waals surface area contributed by atoms with Crippen LogP contribution in [0.15, 0.2) is 24.3 Å². The van der Waals surface area contributed by atoms with E-state index in [0.717, 1.165) is 31.7 Å². The van der Waals surface area contributed by atoms with Crippen LogP contribution < -0.4 is 15.5 Å². The normalized spacial score (nSPS) is 18.0. The Bertz CT molecular complexity index is 280. The van der Waals surface area contributed by atoms with Crippen LogP contribution in [0.1, 0.15) is 12.8 Å². The van der Waals surface area contributed by atoms with Crippen LogP contribution in [0.25, 0.3) is 0 Å². The number of piperidine rings is 1. The fraction of sp³-hybridized carbons (Fsp3) is 0.455. The van der Waals surface area contributed by atoms with Crippen molar-refractivity contribution in [2.75, 3.05) is 13.1 Å². The summed E-state index contributed by atoms with van der Waals surface area (Å²) in [5.74, 6) is 1.00. The molecule has 2 rings (SSSR count). The average Bonchev–Trinajstić information content (AvgIpc) is 2.23. The van der Waals surface area contributed by atoms with Crippen molar-refractivity contribution >= 4 is 13.3 Å². The summed E-state index contributed by atoms with van der Waals surface area (Å²) >= 11 is 0. The highest BCUT2D eigenvalue weighted by Crippen LogP contribution is 2.14. The van der Waals surface area contributed by atoms with E-state index in [0.29, 0.717) is 6.10 Å². The Balaban J connectivity index is 1.92. The van der Waals surface area contributed by atoms with Gasteiger partial charge in [-0.25, -0.2) is 0 Å². The summed E-state index contributed by atoms with van der Waals surface area (Å²) in [6, 6.07) is 8.29. The predicted octanol–water partition coefficient (Wildman–Crippen LogP) is 0.0758. The number of rotatable bonds is 2. The fourth-order valence-electron chi connectivity index (χ4n) is 1.72. The van der Waals surface area contributed by atoms with Crippen LogP contribution in [-0.2, 0) is 0 Å². The van der Waals surface area contributed by atoms with E-state index in [9.17, 15) is 0 Å². The van der Waals surface area contributed by atoms with Crippen molar-refractivity contribution in [2.24, 2.45) is 0 Å². The van der Waals surface area contributed by atoms with E-state index in [1.54, 1.807) is 0 Å². The number of nitrogens with one attached hydrogen (secondary N) is 1. The van der Waals surface area contributed by atoms with Crippen LogP contribution in [0.2, 0.25) is 0 Å². The Hall–Kier alpha value is -0.955. The SMILES string of the molecule is Bc1ccc(OC2CCNCC2)cc1. The van der Waals surface area contributed by atoms with Crippen LogP contribution in [0.5, 0.6) is 5.75 Å². The minimum Gasteiger partial charge on any atom is -0.490 e. The maximum Gasteiger partial charge on any atom is 0.139 e. The number of ether oxygens (including phenoxy) is 1. The lowest BCUT2D eigenvalue weighted by atomic mass is 9.97. The second-order valence-electron chi connectivity index (χ2n) is 3.88. The molecule has 14 heavy (non-hydrogen) atoms. The molecule has 0 aliphatic carbocycles. The summed E-state index contributed by atoms with van der Waals surface area (Å²) in [6.45, 7) is 2.16. The average molecular weight is 189 g/mol. The molecule has 1 saturated heterocycles. The molecular formula is C11H16BNO. The lowest BCUT2D eigenvalue weighted by Crippen LogP contribution is -2.34. The molecule has 74 valence electrons. The smallest absolute Gasteiger partial charge is 0.139 e. The van der Waals surface area contributed by atoms with E-state index in [1.165, 1.54) is 5.46 Å². The summed E-state index contributed by atoms with van der Waals surface area (Å²) in [7, 11) is 2.09. The van der Waals surface area contributed by atoms with Crippen molar-refractivity contribution in [3.05, 3.63) is 24.3 Å². The van der Waals surface area contributed by atoms with Gasteiger partial charge in [0.1, 0.15) is 19.7 Å². The highest BCUT2D eigenvalue weighted by atomic mass is 16.5. The monoisotopic (exact) mass is 189 g/mol. The second kappa shape index (κ2) is 4.51. The van der Waals surface area contributed by atoms with Gasteiger partial charge in [-0.1, -0.05) is 17.6 Å². The van der Waals surface area contributed by atoms with Crippen molar-refractivity contribution in [2.45, 2.75) is 18.9 Å². The largest absolute Gasteiger partial charge is 0.490 e. The topological polar surface area (TPSA) is 21.3 Å². The minimum atomic E-state index is 0.402. The van der Waals surface area contributed by atoms with Gasteiger partial charge in [0, 0.05) is 0 Å². The van der Waals surface area contributed by atoms with Crippen molar-refractivity contribution < 1.29 is 4.74 Å². The molecule has 0 atom stereocenters. The Morgan fingerprint density at radius 3 is 2.43 bits per heavy atom. The zero-order chi connectivity index (χ0) is 9.80. The standard InChI is InChI=1S/C11H16BNO/c12-9-1-3-10(4-2-9)14-11-5-7-13-8-6-11/h1-4,11,13H,5-8,12H2. The molecule has 1 aromatic carbocycles. The fourth-order valence-corrected chi connectivity index (χ4v) is 1.72. The molecule has 0 amide bonds. The lowest BCUT2D eigenvalue weighted by molar-refractivity contribution is 0.162. The highest BCUT2D eigenvalue weighted by molar-refractivity contribution is 6.32. The molecule has 0 radical (unpaired) electrons. The first-order valence-electron chi connectivity index (χ1n) is 5.28. The van der Waals surface area contributed by atoms with E-state index in [1.807, 2.05) is 0 Å². The van der Waals surface area contributed by atoms with Gasteiger partial charge in [-0.2, -0.15) is 0 Å². The van der Waals surface area contributed by atoms with E-state index in [2.05, 4.69) is 37.4 Å². The number of hydrogen-bond donors (Lipinski definition) is 1. The second-order valence-corrected chi connectivity index (χ2v) is 3.88. The van der Waals surface area contributed by atoms with Gasteiger partial charge in [-0.3, -0.25) is 0 Å². The first-order valence-corrected chi connectivity index (χ1v) is 5.28. The third kappa shape index (κ3) is 2.52. The van der Waals surface area contributed by atoms with E-state index < -0.39 is 0 Å². The van der Waals surface area contributed by atoms with Crippen LogP contribution in [0, 0.1) is 0 Å². The predicted molar refractivity (Wildman–Crippen MR) is 61.1 cm³/mol.